The lowest BCUT2D eigenvalue weighted by Crippen LogP contribution is -2.19. The van der Waals surface area contributed by atoms with Gasteiger partial charge < -0.3 is 9.47 Å². The molecule has 1 heterocycles. The molecule has 0 aliphatic carbocycles. The third-order valence-corrected chi connectivity index (χ3v) is 2.09. The minimum Gasteiger partial charge on any atom is -0.478 e. The number of carbonyl (C=O) groups is 1. The number of carbonyl (C=O) groups excluding carboxylic acids is 1. The van der Waals surface area contributed by atoms with Crippen molar-refractivity contribution in [3.63, 3.8) is 0 Å². The van der Waals surface area contributed by atoms with Gasteiger partial charge in [-0.2, -0.15) is 0 Å². The van der Waals surface area contributed by atoms with E-state index >= 15 is 0 Å². The van der Waals surface area contributed by atoms with Gasteiger partial charge in [0.1, 0.15) is 5.56 Å². The predicted molar refractivity (Wildman–Crippen MR) is 58.1 cm³/mol. The van der Waals surface area contributed by atoms with Crippen LogP contribution >= 0.6 is 0 Å². The van der Waals surface area contributed by atoms with E-state index in [4.69, 9.17) is 9.47 Å². The number of H-pyrrole nitrogens is 1. The van der Waals surface area contributed by atoms with Crippen LogP contribution in [0.3, 0.4) is 0 Å². The number of nitrogens with one attached hydrogen (secondary N) is 1. The van der Waals surface area contributed by atoms with Crippen LogP contribution in [-0.4, -0.2) is 36.4 Å². The van der Waals surface area contributed by atoms with Crippen LogP contribution in [0.25, 0.3) is 0 Å². The smallest absolute Gasteiger partial charge is 0.281 e. The lowest BCUT2D eigenvalue weighted by Gasteiger charge is -2.01. The van der Waals surface area contributed by atoms with E-state index in [0.717, 1.165) is 0 Å². The van der Waals surface area contributed by atoms with Crippen LogP contribution in [0.15, 0.2) is 4.79 Å². The average Bonchev–Trinajstić information content (AvgIpc) is 2.56. The number of aldehydes is 1. The normalized spacial score (nSPS) is 10.4. The van der Waals surface area contributed by atoms with Gasteiger partial charge >= 0.3 is 0 Å². The summed E-state index contributed by atoms with van der Waals surface area (Å²) in [5.74, 6) is 0.236. The second kappa shape index (κ2) is 6.12. The van der Waals surface area contributed by atoms with E-state index in [-0.39, 0.29) is 17.0 Å². The first-order chi connectivity index (χ1) is 7.74. The van der Waals surface area contributed by atoms with Crippen molar-refractivity contribution in [2.24, 2.45) is 0 Å². The summed E-state index contributed by atoms with van der Waals surface area (Å²) in [5.41, 5.74) is -0.311. The summed E-state index contributed by atoms with van der Waals surface area (Å²) in [4.78, 5) is 22.4. The van der Waals surface area contributed by atoms with Crippen LogP contribution in [0.5, 0.6) is 5.88 Å². The number of hydrogen-bond donors (Lipinski definition) is 1. The predicted octanol–water partition coefficient (Wildman–Crippen LogP) is 0.424. The molecule has 0 aromatic carbocycles. The van der Waals surface area contributed by atoms with Crippen LogP contribution in [0.4, 0.5) is 0 Å². The Morgan fingerprint density at radius 2 is 2.25 bits per heavy atom. The quantitative estimate of drug-likeness (QED) is 0.542. The Labute approximate surface area is 93.1 Å². The minimum atomic E-state index is -0.352. The summed E-state index contributed by atoms with van der Waals surface area (Å²) < 4.78 is 11.4. The Hall–Kier alpha value is -1.56. The number of hydrogen-bond acceptors (Lipinski definition) is 4. The van der Waals surface area contributed by atoms with Gasteiger partial charge in [0, 0.05) is 20.3 Å². The number of aromatic nitrogens is 2. The molecule has 90 valence electrons. The molecule has 0 aliphatic rings. The van der Waals surface area contributed by atoms with Crippen molar-refractivity contribution in [2.75, 3.05) is 20.3 Å². The molecule has 0 aliphatic heterocycles. The summed E-state index contributed by atoms with van der Waals surface area (Å²) in [6, 6.07) is 0. The van der Waals surface area contributed by atoms with Crippen molar-refractivity contribution >= 4 is 6.29 Å². The molecule has 1 aromatic heterocycles. The van der Waals surface area contributed by atoms with Crippen LogP contribution < -0.4 is 10.3 Å². The van der Waals surface area contributed by atoms with Gasteiger partial charge in [-0.1, -0.05) is 0 Å². The van der Waals surface area contributed by atoms with E-state index in [2.05, 4.69) is 5.10 Å². The summed E-state index contributed by atoms with van der Waals surface area (Å²) in [6.07, 6.45) is 1.21. The second-order valence-corrected chi connectivity index (χ2v) is 3.21. The maximum Gasteiger partial charge on any atom is 0.281 e. The molecular formula is C10H16N2O4. The van der Waals surface area contributed by atoms with Crippen LogP contribution in [0, 0.1) is 0 Å². The molecule has 0 fully saturated rings. The molecule has 0 saturated heterocycles. The van der Waals surface area contributed by atoms with Crippen molar-refractivity contribution < 1.29 is 14.3 Å². The van der Waals surface area contributed by atoms with Gasteiger partial charge in [-0.25, -0.2) is 4.68 Å². The highest BCUT2D eigenvalue weighted by molar-refractivity contribution is 5.77. The number of ether oxygens (including phenoxy) is 2. The molecule has 1 N–H and O–H groups in total. The van der Waals surface area contributed by atoms with E-state index in [1.807, 2.05) is 0 Å². The lowest BCUT2D eigenvalue weighted by molar-refractivity contribution is 0.111. The summed E-state index contributed by atoms with van der Waals surface area (Å²) >= 11 is 0. The zero-order valence-corrected chi connectivity index (χ0v) is 9.49. The first kappa shape index (κ1) is 12.5. The summed E-state index contributed by atoms with van der Waals surface area (Å²) in [5, 5.41) is 2.76. The van der Waals surface area contributed by atoms with Crippen LogP contribution in [0.1, 0.15) is 23.7 Å². The van der Waals surface area contributed by atoms with Gasteiger partial charge in [0.2, 0.25) is 5.88 Å². The third-order valence-electron chi connectivity index (χ3n) is 2.09. The van der Waals surface area contributed by atoms with Gasteiger partial charge in [0.15, 0.2) is 6.29 Å². The monoisotopic (exact) mass is 228 g/mol. The molecular weight excluding hydrogens is 212 g/mol. The molecule has 0 saturated carbocycles. The number of nitrogens with zero attached hydrogens (tertiary/aromatic N) is 1. The van der Waals surface area contributed by atoms with Crippen molar-refractivity contribution in [2.45, 2.75) is 19.9 Å². The Morgan fingerprint density at radius 3 is 2.81 bits per heavy atom. The molecule has 16 heavy (non-hydrogen) atoms. The highest BCUT2D eigenvalue weighted by atomic mass is 16.5. The second-order valence-electron chi connectivity index (χ2n) is 3.21. The first-order valence-electron chi connectivity index (χ1n) is 5.14. The Kier molecular flexibility index (Phi) is 4.78. The molecule has 0 radical (unpaired) electrons. The number of aromatic amines is 1. The molecule has 0 unspecified atom stereocenters. The van der Waals surface area contributed by atoms with Gasteiger partial charge in [0.25, 0.3) is 5.56 Å². The van der Waals surface area contributed by atoms with E-state index < -0.39 is 0 Å². The van der Waals surface area contributed by atoms with Gasteiger partial charge in [-0.3, -0.25) is 14.7 Å². The summed E-state index contributed by atoms with van der Waals surface area (Å²) in [6.45, 7) is 3.22. The minimum absolute atomic E-state index is 0.0410. The maximum absolute atomic E-state index is 11.7. The number of rotatable bonds is 7. The first-order valence-corrected chi connectivity index (χ1v) is 5.14. The van der Waals surface area contributed by atoms with Crippen molar-refractivity contribution in [3.05, 3.63) is 15.9 Å². The fourth-order valence-corrected chi connectivity index (χ4v) is 1.36. The zero-order chi connectivity index (χ0) is 12.0. The van der Waals surface area contributed by atoms with Crippen LogP contribution in [-0.2, 0) is 11.3 Å². The van der Waals surface area contributed by atoms with Gasteiger partial charge in [-0.15, -0.1) is 0 Å². The van der Waals surface area contributed by atoms with E-state index in [1.54, 1.807) is 14.0 Å². The fraction of sp³-hybridized carbons (Fsp3) is 0.600. The van der Waals surface area contributed by atoms with E-state index in [9.17, 15) is 9.59 Å². The Morgan fingerprint density at radius 1 is 1.50 bits per heavy atom. The highest BCUT2D eigenvalue weighted by Crippen LogP contribution is 2.08. The van der Waals surface area contributed by atoms with E-state index in [0.29, 0.717) is 32.5 Å². The fourth-order valence-electron chi connectivity index (χ4n) is 1.36. The van der Waals surface area contributed by atoms with Crippen molar-refractivity contribution in [1.82, 2.24) is 9.78 Å². The number of aryl methyl sites for hydroxylation is 1. The third kappa shape index (κ3) is 2.73. The van der Waals surface area contributed by atoms with Gasteiger partial charge in [-0.05, 0) is 13.3 Å². The highest BCUT2D eigenvalue weighted by Gasteiger charge is 2.13. The average molecular weight is 228 g/mol. The standard InChI is InChI=1S/C10H16N2O4/c1-3-16-9-8(7-13)10(14)12(11-9)5-4-6-15-2/h7,11H,3-6H2,1-2H3. The molecule has 1 aromatic rings. The Bertz CT molecular complexity index is 394. The zero-order valence-electron chi connectivity index (χ0n) is 9.49. The maximum atomic E-state index is 11.7. The molecule has 0 bridgehead atoms. The largest absolute Gasteiger partial charge is 0.478 e. The molecule has 6 nitrogen and oxygen atoms in total. The van der Waals surface area contributed by atoms with Crippen molar-refractivity contribution in [3.8, 4) is 5.88 Å². The molecule has 1 rings (SSSR count). The van der Waals surface area contributed by atoms with Crippen LogP contribution in [0.2, 0.25) is 0 Å². The molecule has 0 amide bonds. The summed E-state index contributed by atoms with van der Waals surface area (Å²) in [7, 11) is 1.60. The lowest BCUT2D eigenvalue weighted by atomic mass is 10.4. The Balaban J connectivity index is 2.85. The molecule has 0 atom stereocenters. The molecule has 0 spiro atoms. The topological polar surface area (TPSA) is 73.3 Å². The van der Waals surface area contributed by atoms with Gasteiger partial charge in [0.05, 0.1) is 6.61 Å². The molecule has 6 heteroatoms. The van der Waals surface area contributed by atoms with Crippen molar-refractivity contribution in [1.29, 1.82) is 0 Å². The number of methoxy groups -OCH3 is 1. The SMILES string of the molecule is CCOc1[nH]n(CCCOC)c(=O)c1C=O. The van der Waals surface area contributed by atoms with E-state index in [1.165, 1.54) is 4.68 Å².